The average Bonchev–Trinajstić information content (AvgIpc) is 2.89. The Kier molecular flexibility index (Phi) is 4.50. The van der Waals surface area contributed by atoms with Crippen molar-refractivity contribution in [1.29, 1.82) is 0 Å². The smallest absolute Gasteiger partial charge is 0.0935 e. The highest BCUT2D eigenvalue weighted by atomic mass is 79.9. The molecule has 1 aromatic heterocycles. The van der Waals surface area contributed by atoms with Gasteiger partial charge < -0.3 is 10.2 Å². The first-order valence-corrected chi connectivity index (χ1v) is 7.23. The fraction of sp³-hybridized carbons (Fsp3) is 0.308. The fourth-order valence-electron chi connectivity index (χ4n) is 1.89. The van der Waals surface area contributed by atoms with Crippen LogP contribution in [0.1, 0.15) is 10.6 Å². The van der Waals surface area contributed by atoms with Gasteiger partial charge in [-0.3, -0.25) is 0 Å². The summed E-state index contributed by atoms with van der Waals surface area (Å²) < 4.78 is 0.936. The lowest BCUT2D eigenvalue weighted by atomic mass is 9.79. The second-order valence-electron chi connectivity index (χ2n) is 4.21. The van der Waals surface area contributed by atoms with Gasteiger partial charge in [-0.15, -0.1) is 11.3 Å². The van der Waals surface area contributed by atoms with Crippen molar-refractivity contribution in [2.45, 2.75) is 11.8 Å². The molecule has 0 radical (unpaired) electrons. The average molecular weight is 328 g/mol. The maximum Gasteiger partial charge on any atom is 0.0935 e. The van der Waals surface area contributed by atoms with Crippen LogP contribution in [0.25, 0.3) is 0 Å². The van der Waals surface area contributed by atoms with Gasteiger partial charge in [0.1, 0.15) is 0 Å². The normalized spacial score (nSPS) is 11.7. The summed E-state index contributed by atoms with van der Waals surface area (Å²) in [5.74, 6) is 0. The summed E-state index contributed by atoms with van der Waals surface area (Å²) in [5, 5.41) is 22.3. The van der Waals surface area contributed by atoms with E-state index in [9.17, 15) is 10.2 Å². The van der Waals surface area contributed by atoms with Crippen LogP contribution in [0.4, 0.5) is 0 Å². The lowest BCUT2D eigenvalue weighted by Crippen LogP contribution is -2.37. The molecule has 0 atom stereocenters. The van der Waals surface area contributed by atoms with E-state index in [0.717, 1.165) is 15.0 Å². The molecule has 0 saturated carbocycles. The summed E-state index contributed by atoms with van der Waals surface area (Å²) >= 11 is 4.95. The zero-order chi connectivity index (χ0) is 13.0. The Morgan fingerprint density at radius 3 is 2.61 bits per heavy atom. The van der Waals surface area contributed by atoms with Crippen molar-refractivity contribution in [1.82, 2.24) is 4.98 Å². The molecule has 0 spiro atoms. The lowest BCUT2D eigenvalue weighted by Gasteiger charge is -2.29. The maximum atomic E-state index is 9.72. The highest BCUT2D eigenvalue weighted by Crippen LogP contribution is 2.30. The number of aliphatic hydroxyl groups excluding tert-OH is 2. The van der Waals surface area contributed by atoms with Gasteiger partial charge in [-0.1, -0.05) is 28.1 Å². The molecule has 1 aromatic carbocycles. The molecule has 2 N–H and O–H groups in total. The van der Waals surface area contributed by atoms with E-state index >= 15 is 0 Å². The van der Waals surface area contributed by atoms with Crippen molar-refractivity contribution >= 4 is 27.3 Å². The number of aliphatic hydroxyl groups is 2. The SMILES string of the molecule is OCC(CO)(Cc1nccs1)c1cccc(Br)c1. The van der Waals surface area contributed by atoms with Crippen LogP contribution in [0.2, 0.25) is 0 Å². The van der Waals surface area contributed by atoms with Crippen LogP contribution in [0.5, 0.6) is 0 Å². The Balaban J connectivity index is 2.37. The largest absolute Gasteiger partial charge is 0.395 e. The van der Waals surface area contributed by atoms with Crippen LogP contribution in [0, 0.1) is 0 Å². The van der Waals surface area contributed by atoms with Crippen LogP contribution < -0.4 is 0 Å². The highest BCUT2D eigenvalue weighted by molar-refractivity contribution is 9.10. The first-order chi connectivity index (χ1) is 8.70. The van der Waals surface area contributed by atoms with Gasteiger partial charge in [0.2, 0.25) is 0 Å². The minimum absolute atomic E-state index is 0.112. The zero-order valence-electron chi connectivity index (χ0n) is 9.71. The van der Waals surface area contributed by atoms with Crippen LogP contribution in [0.3, 0.4) is 0 Å². The predicted molar refractivity (Wildman–Crippen MR) is 75.8 cm³/mol. The van der Waals surface area contributed by atoms with Gasteiger partial charge in [0.05, 0.1) is 18.2 Å². The third-order valence-electron chi connectivity index (χ3n) is 3.02. The number of thiazole rings is 1. The van der Waals surface area contributed by atoms with Crippen LogP contribution >= 0.6 is 27.3 Å². The van der Waals surface area contributed by atoms with E-state index in [-0.39, 0.29) is 13.2 Å². The second-order valence-corrected chi connectivity index (χ2v) is 6.10. The number of halogens is 1. The molecule has 0 saturated heterocycles. The summed E-state index contributed by atoms with van der Waals surface area (Å²) in [6, 6.07) is 7.68. The van der Waals surface area contributed by atoms with Crippen molar-refractivity contribution in [3.63, 3.8) is 0 Å². The number of nitrogens with zero attached hydrogens (tertiary/aromatic N) is 1. The Morgan fingerprint density at radius 1 is 1.28 bits per heavy atom. The van der Waals surface area contributed by atoms with Crippen molar-refractivity contribution < 1.29 is 10.2 Å². The Labute approximate surface area is 118 Å². The maximum absolute atomic E-state index is 9.72. The number of hydrogen-bond acceptors (Lipinski definition) is 4. The molecule has 0 amide bonds. The molecular weight excluding hydrogens is 314 g/mol. The molecule has 0 fully saturated rings. The van der Waals surface area contributed by atoms with E-state index in [1.54, 1.807) is 6.20 Å². The molecule has 0 aliphatic rings. The second kappa shape index (κ2) is 5.93. The topological polar surface area (TPSA) is 53.4 Å². The number of hydrogen-bond donors (Lipinski definition) is 2. The molecule has 18 heavy (non-hydrogen) atoms. The first kappa shape index (κ1) is 13.7. The predicted octanol–water partition coefficient (Wildman–Crippen LogP) is 2.37. The van der Waals surface area contributed by atoms with Crippen molar-refractivity contribution in [3.8, 4) is 0 Å². The van der Waals surface area contributed by atoms with E-state index < -0.39 is 5.41 Å². The van der Waals surface area contributed by atoms with Crippen LogP contribution in [-0.4, -0.2) is 28.4 Å². The quantitative estimate of drug-likeness (QED) is 0.886. The van der Waals surface area contributed by atoms with Crippen molar-refractivity contribution in [2.24, 2.45) is 0 Å². The van der Waals surface area contributed by atoms with E-state index in [2.05, 4.69) is 20.9 Å². The Morgan fingerprint density at radius 2 is 2.06 bits per heavy atom. The minimum Gasteiger partial charge on any atom is -0.395 e. The number of benzene rings is 1. The van der Waals surface area contributed by atoms with Crippen molar-refractivity contribution in [2.75, 3.05) is 13.2 Å². The molecule has 3 nitrogen and oxygen atoms in total. The molecule has 0 aliphatic heterocycles. The van der Waals surface area contributed by atoms with E-state index in [0.29, 0.717) is 6.42 Å². The van der Waals surface area contributed by atoms with Gasteiger partial charge in [0, 0.05) is 27.9 Å². The van der Waals surface area contributed by atoms with Gasteiger partial charge in [-0.25, -0.2) is 4.98 Å². The van der Waals surface area contributed by atoms with E-state index in [1.807, 2.05) is 29.6 Å². The molecule has 96 valence electrons. The van der Waals surface area contributed by atoms with E-state index in [4.69, 9.17) is 0 Å². The first-order valence-electron chi connectivity index (χ1n) is 5.56. The van der Waals surface area contributed by atoms with E-state index in [1.165, 1.54) is 11.3 Å². The summed E-state index contributed by atoms with van der Waals surface area (Å²) in [5.41, 5.74) is 0.235. The molecule has 5 heteroatoms. The third-order valence-corrected chi connectivity index (χ3v) is 4.29. The van der Waals surface area contributed by atoms with Gasteiger partial charge >= 0.3 is 0 Å². The molecular formula is C13H14BrNO2S. The molecule has 0 unspecified atom stereocenters. The summed E-state index contributed by atoms with van der Waals surface area (Å²) in [7, 11) is 0. The highest BCUT2D eigenvalue weighted by Gasteiger charge is 2.32. The van der Waals surface area contributed by atoms with Gasteiger partial charge in [-0.05, 0) is 17.7 Å². The zero-order valence-corrected chi connectivity index (χ0v) is 12.1. The van der Waals surface area contributed by atoms with Gasteiger partial charge in [0.15, 0.2) is 0 Å². The Hall–Kier alpha value is -0.750. The molecule has 2 aromatic rings. The third kappa shape index (κ3) is 2.80. The monoisotopic (exact) mass is 327 g/mol. The molecule has 0 bridgehead atoms. The Bertz CT molecular complexity index is 497. The standard InChI is InChI=1S/C13H14BrNO2S/c14-11-3-1-2-10(6-11)13(8-16,9-17)7-12-15-4-5-18-12/h1-6,16-17H,7-9H2. The van der Waals surface area contributed by atoms with Crippen LogP contribution in [-0.2, 0) is 11.8 Å². The molecule has 0 aliphatic carbocycles. The minimum atomic E-state index is -0.679. The van der Waals surface area contributed by atoms with Gasteiger partial charge in [-0.2, -0.15) is 0 Å². The number of aromatic nitrogens is 1. The fourth-order valence-corrected chi connectivity index (χ4v) is 3.05. The van der Waals surface area contributed by atoms with Crippen LogP contribution in [0.15, 0.2) is 40.3 Å². The van der Waals surface area contributed by atoms with Crippen molar-refractivity contribution in [3.05, 3.63) is 50.9 Å². The lowest BCUT2D eigenvalue weighted by molar-refractivity contribution is 0.116. The summed E-state index contributed by atoms with van der Waals surface area (Å²) in [6.07, 6.45) is 2.27. The summed E-state index contributed by atoms with van der Waals surface area (Å²) in [6.45, 7) is -0.223. The molecule has 1 heterocycles. The number of rotatable bonds is 5. The molecule has 2 rings (SSSR count). The summed E-state index contributed by atoms with van der Waals surface area (Å²) in [4.78, 5) is 4.23. The van der Waals surface area contributed by atoms with Gasteiger partial charge in [0.25, 0.3) is 0 Å².